The van der Waals surface area contributed by atoms with E-state index in [0.29, 0.717) is 17.8 Å². The minimum atomic E-state index is -0.553. The van der Waals surface area contributed by atoms with Crippen molar-refractivity contribution in [2.45, 2.75) is 71.4 Å². The first-order valence-electron chi connectivity index (χ1n) is 10.2. The summed E-state index contributed by atoms with van der Waals surface area (Å²) >= 11 is 0. The van der Waals surface area contributed by atoms with Gasteiger partial charge >= 0.3 is 6.09 Å². The van der Waals surface area contributed by atoms with Gasteiger partial charge in [-0.3, -0.25) is 9.78 Å². The Morgan fingerprint density at radius 1 is 1.14 bits per heavy atom. The van der Waals surface area contributed by atoms with Crippen molar-refractivity contribution in [2.24, 2.45) is 0 Å². The first-order valence-corrected chi connectivity index (χ1v) is 10.2. The van der Waals surface area contributed by atoms with Crippen LogP contribution in [0.1, 0.15) is 68.1 Å². The second kappa shape index (κ2) is 8.01. The predicted molar refractivity (Wildman–Crippen MR) is 114 cm³/mol. The molecule has 1 saturated carbocycles. The second-order valence-electron chi connectivity index (χ2n) is 9.11. The Balaban J connectivity index is 1.76. The first kappa shape index (κ1) is 21.1. The number of rotatable bonds is 4. The van der Waals surface area contributed by atoms with Crippen molar-refractivity contribution >= 4 is 22.9 Å². The molecular weight excluding hydrogens is 366 g/mol. The average Bonchev–Trinajstić information content (AvgIpc) is 3.06. The van der Waals surface area contributed by atoms with E-state index in [0.717, 1.165) is 42.1 Å². The Hall–Kier alpha value is -2.63. The molecule has 0 radical (unpaired) electrons. The van der Waals surface area contributed by atoms with Gasteiger partial charge in [0, 0.05) is 11.9 Å². The number of pyridine rings is 1. The molecule has 0 aliphatic heterocycles. The number of aryl methyl sites for hydroxylation is 2. The quantitative estimate of drug-likeness (QED) is 0.800. The third kappa shape index (κ3) is 5.25. The Bertz CT molecular complexity index is 925. The number of fused-ring (bicyclic) bond motifs is 1. The van der Waals surface area contributed by atoms with Gasteiger partial charge in [0.2, 0.25) is 0 Å². The van der Waals surface area contributed by atoms with E-state index < -0.39 is 17.2 Å². The van der Waals surface area contributed by atoms with Crippen LogP contribution in [0.15, 0.2) is 24.3 Å². The van der Waals surface area contributed by atoms with Gasteiger partial charge in [0.1, 0.15) is 5.60 Å². The van der Waals surface area contributed by atoms with E-state index in [1.54, 1.807) is 0 Å². The first-order chi connectivity index (χ1) is 13.6. The summed E-state index contributed by atoms with van der Waals surface area (Å²) in [5, 5.41) is 6.98. The summed E-state index contributed by atoms with van der Waals surface area (Å²) in [5.74, 6) is -0.148. The highest BCUT2D eigenvalue weighted by Gasteiger charge is 2.36. The molecule has 0 spiro atoms. The SMILES string of the molecule is Cc1ccc2cc(C(=O)NC3(CNC(=O)OC(C)(C)C)CCCC3)c(C)nc2c1. The lowest BCUT2D eigenvalue weighted by atomic mass is 9.96. The number of hydrogen-bond acceptors (Lipinski definition) is 4. The summed E-state index contributed by atoms with van der Waals surface area (Å²) in [7, 11) is 0. The molecule has 6 heteroatoms. The van der Waals surface area contributed by atoms with Gasteiger partial charge in [-0.05, 0) is 65.2 Å². The highest BCUT2D eigenvalue weighted by atomic mass is 16.6. The minimum Gasteiger partial charge on any atom is -0.444 e. The molecule has 3 rings (SSSR count). The van der Waals surface area contributed by atoms with Crippen molar-refractivity contribution in [3.8, 4) is 0 Å². The third-order valence-electron chi connectivity index (χ3n) is 5.32. The Morgan fingerprint density at radius 2 is 1.83 bits per heavy atom. The molecule has 1 aromatic carbocycles. The van der Waals surface area contributed by atoms with E-state index in [1.807, 2.05) is 58.9 Å². The fourth-order valence-corrected chi connectivity index (χ4v) is 3.86. The van der Waals surface area contributed by atoms with Crippen LogP contribution >= 0.6 is 0 Å². The molecule has 0 unspecified atom stereocenters. The fraction of sp³-hybridized carbons (Fsp3) is 0.522. The zero-order chi connectivity index (χ0) is 21.2. The molecule has 0 bridgehead atoms. The molecule has 1 aliphatic rings. The topological polar surface area (TPSA) is 80.3 Å². The van der Waals surface area contributed by atoms with Crippen molar-refractivity contribution in [3.05, 3.63) is 41.1 Å². The Morgan fingerprint density at radius 3 is 2.48 bits per heavy atom. The monoisotopic (exact) mass is 397 g/mol. The van der Waals surface area contributed by atoms with Crippen LogP contribution in [0.5, 0.6) is 0 Å². The molecule has 1 heterocycles. The van der Waals surface area contributed by atoms with Crippen LogP contribution in [0, 0.1) is 13.8 Å². The van der Waals surface area contributed by atoms with Crippen LogP contribution in [0.25, 0.3) is 10.9 Å². The number of ether oxygens (including phenoxy) is 1. The molecular formula is C23H31N3O3. The van der Waals surface area contributed by atoms with Crippen LogP contribution in [0.4, 0.5) is 4.79 Å². The lowest BCUT2D eigenvalue weighted by Crippen LogP contribution is -2.54. The van der Waals surface area contributed by atoms with Crippen LogP contribution in [-0.2, 0) is 4.74 Å². The molecule has 29 heavy (non-hydrogen) atoms. The van der Waals surface area contributed by atoms with Crippen LogP contribution in [0.2, 0.25) is 0 Å². The van der Waals surface area contributed by atoms with Crippen molar-refractivity contribution in [2.75, 3.05) is 6.54 Å². The number of carbonyl (C=O) groups is 2. The number of alkyl carbamates (subject to hydrolysis) is 1. The Labute approximate surface area is 172 Å². The summed E-state index contributed by atoms with van der Waals surface area (Å²) < 4.78 is 5.34. The number of nitrogens with zero attached hydrogens (tertiary/aromatic N) is 1. The van der Waals surface area contributed by atoms with Gasteiger partial charge in [-0.25, -0.2) is 4.79 Å². The summed E-state index contributed by atoms with van der Waals surface area (Å²) in [6, 6.07) is 7.93. The van der Waals surface area contributed by atoms with Gasteiger partial charge in [-0.15, -0.1) is 0 Å². The molecule has 156 valence electrons. The van der Waals surface area contributed by atoms with Crippen molar-refractivity contribution in [1.29, 1.82) is 0 Å². The molecule has 2 aromatic rings. The van der Waals surface area contributed by atoms with Gasteiger partial charge in [-0.1, -0.05) is 25.0 Å². The molecule has 6 nitrogen and oxygen atoms in total. The average molecular weight is 398 g/mol. The smallest absolute Gasteiger partial charge is 0.407 e. The number of aromatic nitrogens is 1. The second-order valence-corrected chi connectivity index (χ2v) is 9.11. The number of benzene rings is 1. The summed E-state index contributed by atoms with van der Waals surface area (Å²) in [6.45, 7) is 9.73. The minimum absolute atomic E-state index is 0.148. The molecule has 1 aliphatic carbocycles. The predicted octanol–water partition coefficient (Wildman–Crippen LogP) is 4.42. The lowest BCUT2D eigenvalue weighted by Gasteiger charge is -2.31. The molecule has 0 saturated heterocycles. The van der Waals surface area contributed by atoms with Crippen molar-refractivity contribution in [3.63, 3.8) is 0 Å². The van der Waals surface area contributed by atoms with Gasteiger partial charge in [0.15, 0.2) is 0 Å². The molecule has 2 amide bonds. The highest BCUT2D eigenvalue weighted by Crippen LogP contribution is 2.30. The van der Waals surface area contributed by atoms with E-state index >= 15 is 0 Å². The normalized spacial score (nSPS) is 15.9. The zero-order valence-corrected chi connectivity index (χ0v) is 18.0. The molecule has 1 aromatic heterocycles. The van der Waals surface area contributed by atoms with Gasteiger partial charge in [0.25, 0.3) is 5.91 Å². The van der Waals surface area contributed by atoms with Crippen LogP contribution < -0.4 is 10.6 Å². The molecule has 2 N–H and O–H groups in total. The van der Waals surface area contributed by atoms with Crippen molar-refractivity contribution < 1.29 is 14.3 Å². The number of nitrogens with one attached hydrogen (secondary N) is 2. The maximum Gasteiger partial charge on any atom is 0.407 e. The lowest BCUT2D eigenvalue weighted by molar-refractivity contribution is 0.0504. The van der Waals surface area contributed by atoms with E-state index in [4.69, 9.17) is 4.74 Å². The molecule has 1 fully saturated rings. The Kier molecular flexibility index (Phi) is 5.82. The third-order valence-corrected chi connectivity index (χ3v) is 5.32. The van der Waals surface area contributed by atoms with E-state index in [1.165, 1.54) is 0 Å². The van der Waals surface area contributed by atoms with Gasteiger partial charge < -0.3 is 15.4 Å². The standard InChI is InChI=1S/C23H31N3O3/c1-15-8-9-17-13-18(16(2)25-19(17)12-15)20(27)26-23(10-6-7-11-23)14-24-21(28)29-22(3,4)5/h8-9,12-13H,6-7,10-11,14H2,1-5H3,(H,24,28)(H,26,27). The van der Waals surface area contributed by atoms with Gasteiger partial charge in [0.05, 0.1) is 22.3 Å². The van der Waals surface area contributed by atoms with Crippen LogP contribution in [0.3, 0.4) is 0 Å². The van der Waals surface area contributed by atoms with E-state index in [2.05, 4.69) is 15.6 Å². The zero-order valence-electron chi connectivity index (χ0n) is 18.0. The summed E-state index contributed by atoms with van der Waals surface area (Å²) in [6.07, 6.45) is 3.23. The van der Waals surface area contributed by atoms with Gasteiger partial charge in [-0.2, -0.15) is 0 Å². The number of carbonyl (C=O) groups excluding carboxylic acids is 2. The fourth-order valence-electron chi connectivity index (χ4n) is 3.86. The van der Waals surface area contributed by atoms with Crippen LogP contribution in [-0.4, -0.2) is 34.7 Å². The van der Waals surface area contributed by atoms with Crippen molar-refractivity contribution in [1.82, 2.24) is 15.6 Å². The summed E-state index contributed by atoms with van der Waals surface area (Å²) in [4.78, 5) is 29.8. The van der Waals surface area contributed by atoms with E-state index in [9.17, 15) is 9.59 Å². The van der Waals surface area contributed by atoms with E-state index in [-0.39, 0.29) is 5.91 Å². The number of hydrogen-bond donors (Lipinski definition) is 2. The maximum absolute atomic E-state index is 13.1. The maximum atomic E-state index is 13.1. The molecule has 0 atom stereocenters. The summed E-state index contributed by atoms with van der Waals surface area (Å²) in [5.41, 5.74) is 2.30. The number of amides is 2. The largest absolute Gasteiger partial charge is 0.444 e. The highest BCUT2D eigenvalue weighted by molar-refractivity contribution is 5.99.